The van der Waals surface area contributed by atoms with Crippen LogP contribution in [0.3, 0.4) is 0 Å². The van der Waals surface area contributed by atoms with Crippen LogP contribution in [0.5, 0.6) is 0 Å². The summed E-state index contributed by atoms with van der Waals surface area (Å²) in [5.41, 5.74) is -0.0335. The number of hydrogen-bond acceptors (Lipinski definition) is 2. The zero-order valence-corrected chi connectivity index (χ0v) is 8.86. The van der Waals surface area contributed by atoms with E-state index in [9.17, 15) is 4.79 Å². The van der Waals surface area contributed by atoms with Crippen LogP contribution < -0.4 is 0 Å². The molecule has 0 fully saturated rings. The van der Waals surface area contributed by atoms with Gasteiger partial charge in [0.05, 0.1) is 7.11 Å². The van der Waals surface area contributed by atoms with E-state index < -0.39 is 0 Å². The van der Waals surface area contributed by atoms with Gasteiger partial charge in [0.25, 0.3) is 0 Å². The van der Waals surface area contributed by atoms with Crippen LogP contribution in [0.4, 0.5) is 0 Å². The molecule has 0 radical (unpaired) electrons. The summed E-state index contributed by atoms with van der Waals surface area (Å²) in [7, 11) is 1.36. The maximum absolute atomic E-state index is 10.7. The Morgan fingerprint density at radius 2 is 1.91 bits per heavy atom. The van der Waals surface area contributed by atoms with Gasteiger partial charge < -0.3 is 4.74 Å². The highest BCUT2D eigenvalue weighted by Gasteiger charge is 2.15. The van der Waals surface area contributed by atoms with Gasteiger partial charge >= 0.3 is 5.97 Å². The van der Waals surface area contributed by atoms with Gasteiger partial charge in [-0.3, -0.25) is 0 Å². The molecule has 0 saturated heterocycles. The number of allylic oxidation sites excluding steroid dienone is 1. The summed E-state index contributed by atoms with van der Waals surface area (Å²) < 4.78 is 5.32. The lowest BCUT2D eigenvalue weighted by Crippen LogP contribution is -2.07. The molecule has 0 aromatic rings. The molecule has 0 atom stereocenters. The predicted molar refractivity (Wildman–Crippen MR) is 48.5 cm³/mol. The van der Waals surface area contributed by atoms with Crippen molar-refractivity contribution in [1.82, 2.24) is 0 Å². The highest BCUT2D eigenvalue weighted by atomic mass is 79.9. The van der Waals surface area contributed by atoms with Crippen molar-refractivity contribution >= 4 is 21.9 Å². The fraction of sp³-hybridized carbons (Fsp3) is 0.625. The Morgan fingerprint density at radius 3 is 2.18 bits per heavy atom. The summed E-state index contributed by atoms with van der Waals surface area (Å²) in [6, 6.07) is 0. The number of hydrogen-bond donors (Lipinski definition) is 0. The van der Waals surface area contributed by atoms with Gasteiger partial charge in [-0.05, 0) is 5.41 Å². The number of halogens is 1. The Balaban J connectivity index is 4.35. The standard InChI is InChI=1S/C8H13BrO2/c1-8(2,3)6(9)5-7(10)11-4/h5H,1-4H3/b6-5-. The maximum atomic E-state index is 10.7. The first kappa shape index (κ1) is 10.7. The number of ether oxygens (including phenoxy) is 1. The van der Waals surface area contributed by atoms with Crippen molar-refractivity contribution in [2.75, 3.05) is 7.11 Å². The summed E-state index contributed by atoms with van der Waals surface area (Å²) in [4.78, 5) is 10.7. The molecule has 0 saturated carbocycles. The van der Waals surface area contributed by atoms with E-state index in [4.69, 9.17) is 0 Å². The van der Waals surface area contributed by atoms with Gasteiger partial charge in [-0.15, -0.1) is 0 Å². The van der Waals surface area contributed by atoms with Gasteiger partial charge in [-0.25, -0.2) is 4.79 Å². The summed E-state index contributed by atoms with van der Waals surface area (Å²) in [5.74, 6) is -0.327. The molecule has 0 unspecified atom stereocenters. The molecule has 0 aliphatic heterocycles. The smallest absolute Gasteiger partial charge is 0.331 e. The Morgan fingerprint density at radius 1 is 1.45 bits per heavy atom. The normalized spacial score (nSPS) is 13.0. The van der Waals surface area contributed by atoms with Crippen LogP contribution in [0, 0.1) is 5.41 Å². The number of esters is 1. The van der Waals surface area contributed by atoms with Crippen LogP contribution >= 0.6 is 15.9 Å². The Bertz CT molecular complexity index is 177. The van der Waals surface area contributed by atoms with Crippen molar-refractivity contribution in [1.29, 1.82) is 0 Å². The first-order valence-corrected chi connectivity index (χ1v) is 4.13. The van der Waals surface area contributed by atoms with Crippen LogP contribution in [-0.2, 0) is 9.53 Å². The molecular formula is C8H13BrO2. The Labute approximate surface area is 75.7 Å². The number of rotatable bonds is 1. The number of carbonyl (C=O) groups is 1. The third kappa shape index (κ3) is 4.19. The van der Waals surface area contributed by atoms with E-state index in [1.54, 1.807) is 0 Å². The van der Waals surface area contributed by atoms with Gasteiger partial charge in [0, 0.05) is 10.6 Å². The minimum Gasteiger partial charge on any atom is -0.466 e. The molecule has 64 valence electrons. The topological polar surface area (TPSA) is 26.3 Å². The average Bonchev–Trinajstić information content (AvgIpc) is 1.85. The SMILES string of the molecule is COC(=O)/C=C(\Br)C(C)(C)C. The zero-order chi connectivity index (χ0) is 9.07. The van der Waals surface area contributed by atoms with Gasteiger partial charge in [0.1, 0.15) is 0 Å². The van der Waals surface area contributed by atoms with E-state index in [1.165, 1.54) is 13.2 Å². The quantitative estimate of drug-likeness (QED) is 0.502. The second-order valence-corrected chi connectivity index (χ2v) is 4.12. The lowest BCUT2D eigenvalue weighted by molar-refractivity contribution is -0.134. The average molecular weight is 221 g/mol. The zero-order valence-electron chi connectivity index (χ0n) is 7.27. The molecule has 0 aromatic heterocycles. The van der Waals surface area contributed by atoms with Crippen LogP contribution in [0.1, 0.15) is 20.8 Å². The lowest BCUT2D eigenvalue weighted by atomic mass is 9.96. The first-order chi connectivity index (χ1) is 4.88. The second kappa shape index (κ2) is 3.90. The van der Waals surface area contributed by atoms with Crippen molar-refractivity contribution in [2.24, 2.45) is 5.41 Å². The van der Waals surface area contributed by atoms with Crippen molar-refractivity contribution in [3.05, 3.63) is 10.6 Å². The molecule has 0 bridgehead atoms. The predicted octanol–water partition coefficient (Wildman–Crippen LogP) is 2.48. The molecule has 0 spiro atoms. The molecule has 2 nitrogen and oxygen atoms in total. The molecule has 0 heterocycles. The fourth-order valence-electron chi connectivity index (χ4n) is 0.379. The molecule has 0 aliphatic carbocycles. The van der Waals surface area contributed by atoms with E-state index in [0.717, 1.165) is 4.48 Å². The fourth-order valence-corrected chi connectivity index (χ4v) is 0.566. The van der Waals surface area contributed by atoms with Crippen LogP contribution in [0.15, 0.2) is 10.6 Å². The summed E-state index contributed by atoms with van der Waals surface area (Å²) in [5, 5.41) is 0. The molecule has 0 rings (SSSR count). The van der Waals surface area contributed by atoms with Gasteiger partial charge in [-0.1, -0.05) is 36.7 Å². The van der Waals surface area contributed by atoms with Crippen LogP contribution in [0.2, 0.25) is 0 Å². The van der Waals surface area contributed by atoms with Crippen LogP contribution in [0.25, 0.3) is 0 Å². The first-order valence-electron chi connectivity index (χ1n) is 3.33. The summed E-state index contributed by atoms with van der Waals surface area (Å²) >= 11 is 3.30. The second-order valence-electron chi connectivity index (χ2n) is 3.27. The monoisotopic (exact) mass is 220 g/mol. The summed E-state index contributed by atoms with van der Waals surface area (Å²) in [6.45, 7) is 6.03. The third-order valence-electron chi connectivity index (χ3n) is 1.16. The van der Waals surface area contributed by atoms with E-state index in [0.29, 0.717) is 0 Å². The van der Waals surface area contributed by atoms with E-state index >= 15 is 0 Å². The molecule has 0 aromatic carbocycles. The molecule has 0 amide bonds. The number of methoxy groups -OCH3 is 1. The van der Waals surface area contributed by atoms with Gasteiger partial charge in [0.2, 0.25) is 0 Å². The highest BCUT2D eigenvalue weighted by molar-refractivity contribution is 9.11. The van der Waals surface area contributed by atoms with Gasteiger partial charge in [-0.2, -0.15) is 0 Å². The highest BCUT2D eigenvalue weighted by Crippen LogP contribution is 2.29. The van der Waals surface area contributed by atoms with Crippen molar-refractivity contribution in [3.8, 4) is 0 Å². The Kier molecular flexibility index (Phi) is 3.79. The van der Waals surface area contributed by atoms with Gasteiger partial charge in [0.15, 0.2) is 0 Å². The third-order valence-corrected chi connectivity index (χ3v) is 2.58. The molecule has 11 heavy (non-hydrogen) atoms. The molecule has 3 heteroatoms. The minimum atomic E-state index is -0.327. The van der Waals surface area contributed by atoms with Crippen molar-refractivity contribution < 1.29 is 9.53 Å². The van der Waals surface area contributed by atoms with E-state index in [-0.39, 0.29) is 11.4 Å². The van der Waals surface area contributed by atoms with E-state index in [2.05, 4.69) is 20.7 Å². The van der Waals surface area contributed by atoms with Crippen molar-refractivity contribution in [3.63, 3.8) is 0 Å². The minimum absolute atomic E-state index is 0.0335. The van der Waals surface area contributed by atoms with Crippen molar-refractivity contribution in [2.45, 2.75) is 20.8 Å². The Hall–Kier alpha value is -0.310. The number of carbonyl (C=O) groups excluding carboxylic acids is 1. The molecule has 0 aliphatic rings. The molecular weight excluding hydrogens is 208 g/mol. The maximum Gasteiger partial charge on any atom is 0.331 e. The molecule has 0 N–H and O–H groups in total. The largest absolute Gasteiger partial charge is 0.466 e. The lowest BCUT2D eigenvalue weighted by Gasteiger charge is -2.16. The van der Waals surface area contributed by atoms with Crippen LogP contribution in [-0.4, -0.2) is 13.1 Å². The van der Waals surface area contributed by atoms with E-state index in [1.807, 2.05) is 20.8 Å². The summed E-state index contributed by atoms with van der Waals surface area (Å²) in [6.07, 6.45) is 1.44.